The first-order valence-electron chi connectivity index (χ1n) is 14.3. The van der Waals surface area contributed by atoms with Crippen LogP contribution in [0.4, 0.5) is 0 Å². The van der Waals surface area contributed by atoms with E-state index in [1.165, 1.54) is 4.80 Å². The summed E-state index contributed by atoms with van der Waals surface area (Å²) in [5.41, 5.74) is -0.547. The molecule has 12 nitrogen and oxygen atoms in total. The van der Waals surface area contributed by atoms with E-state index in [9.17, 15) is 22.8 Å². The maximum atomic E-state index is 13.9. The molecule has 1 aromatic carbocycles. The molecule has 2 aromatic rings. The molecule has 13 heteroatoms. The van der Waals surface area contributed by atoms with Gasteiger partial charge in [0.1, 0.15) is 5.54 Å². The quantitative estimate of drug-likeness (QED) is 0.504. The lowest BCUT2D eigenvalue weighted by Gasteiger charge is -2.26. The molecule has 0 unspecified atom stereocenters. The summed E-state index contributed by atoms with van der Waals surface area (Å²) in [5.74, 6) is -2.51. The van der Waals surface area contributed by atoms with E-state index < -0.39 is 44.5 Å². The molecule has 218 valence electrons. The highest BCUT2D eigenvalue weighted by molar-refractivity contribution is 7.91. The van der Waals surface area contributed by atoms with E-state index >= 15 is 0 Å². The van der Waals surface area contributed by atoms with Gasteiger partial charge in [0.25, 0.3) is 5.91 Å². The highest BCUT2D eigenvalue weighted by atomic mass is 32.2. The van der Waals surface area contributed by atoms with Crippen LogP contribution in [-0.4, -0.2) is 75.6 Å². The number of benzene rings is 1. The molecule has 3 fully saturated rings. The Morgan fingerprint density at radius 2 is 1.85 bits per heavy atom. The Hall–Kier alpha value is -3.61. The predicted molar refractivity (Wildman–Crippen MR) is 148 cm³/mol. The van der Waals surface area contributed by atoms with E-state index in [4.69, 9.17) is 0 Å². The Labute approximate surface area is 239 Å². The van der Waals surface area contributed by atoms with E-state index in [1.807, 2.05) is 42.5 Å². The third kappa shape index (κ3) is 5.51. The Morgan fingerprint density at radius 3 is 2.61 bits per heavy atom. The Morgan fingerprint density at radius 1 is 1.10 bits per heavy atom. The van der Waals surface area contributed by atoms with Crippen molar-refractivity contribution in [3.05, 3.63) is 42.5 Å². The summed E-state index contributed by atoms with van der Waals surface area (Å²) in [6, 6.07) is 9.09. The van der Waals surface area contributed by atoms with Gasteiger partial charge in [0, 0.05) is 25.1 Å². The number of carbonyl (C=O) groups is 3. The van der Waals surface area contributed by atoms with Crippen molar-refractivity contribution in [2.24, 2.45) is 17.8 Å². The zero-order valence-electron chi connectivity index (χ0n) is 23.0. The SMILES string of the molecule is CN1CCCC/C=C\[C@@H]2C[C@@]2(C(=O)NS(=O)(=O)C2CC2)NC(=O)[C@@H]2C[C@@H](n3nnc(-c4ccccc4)n3)C[C@H]2C1=O. The van der Waals surface area contributed by atoms with E-state index in [-0.39, 0.29) is 17.9 Å². The minimum Gasteiger partial charge on any atom is -0.346 e. The van der Waals surface area contributed by atoms with Crippen LogP contribution in [0.2, 0.25) is 0 Å². The second kappa shape index (κ2) is 10.7. The number of aromatic nitrogens is 4. The van der Waals surface area contributed by atoms with Crippen LogP contribution in [0.3, 0.4) is 0 Å². The van der Waals surface area contributed by atoms with E-state index in [0.29, 0.717) is 44.5 Å². The van der Waals surface area contributed by atoms with E-state index in [2.05, 4.69) is 25.4 Å². The van der Waals surface area contributed by atoms with E-state index in [1.54, 1.807) is 11.9 Å². The Balaban J connectivity index is 1.27. The highest BCUT2D eigenvalue weighted by Crippen LogP contribution is 2.47. The number of amides is 3. The van der Waals surface area contributed by atoms with Crippen molar-refractivity contribution >= 4 is 27.7 Å². The largest absolute Gasteiger partial charge is 0.346 e. The van der Waals surface area contributed by atoms with Crippen LogP contribution in [0, 0.1) is 17.8 Å². The van der Waals surface area contributed by atoms with Crippen LogP contribution in [-0.2, 0) is 24.4 Å². The molecular weight excluding hydrogens is 546 g/mol. The standard InChI is InChI=1S/C28H35N7O5S/c1-34-14-8-3-2-7-11-19-17-28(19,27(38)32-41(39,40)21-12-13-21)29-25(36)22-15-20(16-23(22)26(34)37)35-31-24(30-33-35)18-9-5-4-6-10-18/h4-7,9-11,19-23H,2-3,8,12-17H2,1H3,(H,29,36)(H,32,38)/b11-7-/t19-,20-,22-,23-,28-/m1/s1. The molecule has 0 spiro atoms. The average Bonchev–Trinajstić information content (AvgIpc) is 3.82. The summed E-state index contributed by atoms with van der Waals surface area (Å²) in [6.45, 7) is 0.580. The number of carbonyl (C=O) groups excluding carboxylic acids is 3. The lowest BCUT2D eigenvalue weighted by atomic mass is 9.93. The number of fused-ring (bicyclic) bond motifs is 2. The van der Waals surface area contributed by atoms with Crippen molar-refractivity contribution < 1.29 is 22.8 Å². The first kappa shape index (κ1) is 27.6. The highest BCUT2D eigenvalue weighted by Gasteiger charge is 2.62. The average molecular weight is 582 g/mol. The van der Waals surface area contributed by atoms with Crippen molar-refractivity contribution in [2.75, 3.05) is 13.6 Å². The molecule has 0 radical (unpaired) electrons. The fourth-order valence-electron chi connectivity index (χ4n) is 6.09. The lowest BCUT2D eigenvalue weighted by molar-refractivity contribution is -0.140. The monoisotopic (exact) mass is 581 g/mol. The van der Waals surface area contributed by atoms with Crippen molar-refractivity contribution in [3.63, 3.8) is 0 Å². The third-order valence-electron chi connectivity index (χ3n) is 8.80. The smallest absolute Gasteiger partial charge is 0.259 e. The second-order valence-electron chi connectivity index (χ2n) is 11.8. The van der Waals surface area contributed by atoms with Gasteiger partial charge in [-0.1, -0.05) is 42.5 Å². The summed E-state index contributed by atoms with van der Waals surface area (Å²) in [7, 11) is -2.04. The fraction of sp³-hybridized carbons (Fsp3) is 0.571. The summed E-state index contributed by atoms with van der Waals surface area (Å²) in [6.07, 6.45) is 8.31. The minimum absolute atomic E-state index is 0.134. The zero-order valence-corrected chi connectivity index (χ0v) is 23.8. The van der Waals surface area contributed by atoms with Crippen LogP contribution in [0.5, 0.6) is 0 Å². The first-order chi connectivity index (χ1) is 19.7. The summed E-state index contributed by atoms with van der Waals surface area (Å²) >= 11 is 0. The maximum absolute atomic E-state index is 13.9. The van der Waals surface area contributed by atoms with Gasteiger partial charge in [-0.2, -0.15) is 4.80 Å². The van der Waals surface area contributed by atoms with E-state index in [0.717, 1.165) is 24.8 Å². The van der Waals surface area contributed by atoms with Gasteiger partial charge in [0.05, 0.1) is 23.1 Å². The molecule has 0 saturated heterocycles. The van der Waals surface area contributed by atoms with Crippen molar-refractivity contribution in [3.8, 4) is 11.4 Å². The molecule has 2 N–H and O–H groups in total. The fourth-order valence-corrected chi connectivity index (χ4v) is 7.45. The number of nitrogens with one attached hydrogen (secondary N) is 2. The molecule has 3 saturated carbocycles. The summed E-state index contributed by atoms with van der Waals surface area (Å²) in [4.78, 5) is 44.0. The van der Waals surface area contributed by atoms with Gasteiger partial charge < -0.3 is 10.2 Å². The molecule has 5 atom stereocenters. The van der Waals surface area contributed by atoms with Gasteiger partial charge in [-0.15, -0.1) is 10.2 Å². The van der Waals surface area contributed by atoms with Gasteiger partial charge in [0.2, 0.25) is 27.7 Å². The first-order valence-corrected chi connectivity index (χ1v) is 15.9. The summed E-state index contributed by atoms with van der Waals surface area (Å²) in [5, 5.41) is 15.3. The topological polar surface area (TPSA) is 156 Å². The Bertz CT molecular complexity index is 1470. The molecule has 1 aromatic heterocycles. The number of hydrogen-bond acceptors (Lipinski definition) is 8. The molecule has 41 heavy (non-hydrogen) atoms. The van der Waals surface area contributed by atoms with Crippen LogP contribution in [0.15, 0.2) is 42.5 Å². The van der Waals surface area contributed by atoms with Crippen LogP contribution in [0.1, 0.15) is 57.4 Å². The van der Waals surface area contributed by atoms with Gasteiger partial charge in [-0.3, -0.25) is 19.1 Å². The third-order valence-corrected chi connectivity index (χ3v) is 10.6. The molecule has 1 aliphatic heterocycles. The van der Waals surface area contributed by atoms with Crippen molar-refractivity contribution in [1.82, 2.24) is 35.1 Å². The number of rotatable bonds is 5. The molecule has 4 aliphatic rings. The van der Waals surface area contributed by atoms with Crippen molar-refractivity contribution in [2.45, 2.75) is 68.2 Å². The number of sulfonamides is 1. The summed E-state index contributed by atoms with van der Waals surface area (Å²) < 4.78 is 27.4. The lowest BCUT2D eigenvalue weighted by Crippen LogP contribution is -2.54. The molecular formula is C28H35N7O5S. The van der Waals surface area contributed by atoms with Gasteiger partial charge in [-0.25, -0.2) is 8.42 Å². The predicted octanol–water partition coefficient (Wildman–Crippen LogP) is 1.59. The molecule has 3 aliphatic carbocycles. The Kier molecular flexibility index (Phi) is 7.16. The molecule has 3 amide bonds. The van der Waals surface area contributed by atoms with Gasteiger partial charge in [0.15, 0.2) is 0 Å². The normalized spacial score (nSPS) is 31.4. The molecule has 2 heterocycles. The molecule has 0 bridgehead atoms. The number of tetrazole rings is 1. The molecule has 6 rings (SSSR count). The van der Waals surface area contributed by atoms with Crippen LogP contribution < -0.4 is 10.0 Å². The van der Waals surface area contributed by atoms with Crippen LogP contribution >= 0.6 is 0 Å². The van der Waals surface area contributed by atoms with Gasteiger partial charge in [-0.05, 0) is 56.6 Å². The number of allylic oxidation sites excluding steroid dienone is 1. The zero-order chi connectivity index (χ0) is 28.8. The maximum Gasteiger partial charge on any atom is 0.259 e. The van der Waals surface area contributed by atoms with Crippen molar-refractivity contribution in [1.29, 1.82) is 0 Å². The van der Waals surface area contributed by atoms with Crippen LogP contribution in [0.25, 0.3) is 11.4 Å². The second-order valence-corrected chi connectivity index (χ2v) is 13.7. The number of nitrogens with zero attached hydrogens (tertiary/aromatic N) is 5. The minimum atomic E-state index is -3.79. The number of hydrogen-bond donors (Lipinski definition) is 2. The van der Waals surface area contributed by atoms with Gasteiger partial charge >= 0.3 is 0 Å².